The Kier molecular flexibility index (Phi) is 25.0. The van der Waals surface area contributed by atoms with E-state index >= 15 is 0 Å². The van der Waals surface area contributed by atoms with Crippen LogP contribution < -0.4 is 21.3 Å². The number of Topliss-reactive ketones (excluding diaryl/α,β-unsaturated/α-hetero) is 1. The van der Waals surface area contributed by atoms with Gasteiger partial charge in [0.15, 0.2) is 5.78 Å². The first-order valence-corrected chi connectivity index (χ1v) is 14.7. The van der Waals surface area contributed by atoms with Crippen LogP contribution >= 0.6 is 0 Å². The molecule has 3 amide bonds. The summed E-state index contributed by atoms with van der Waals surface area (Å²) in [5.41, 5.74) is -0.376. The van der Waals surface area contributed by atoms with Gasteiger partial charge in [0.1, 0.15) is 25.9 Å². The highest BCUT2D eigenvalue weighted by Crippen LogP contribution is 2.06. The average Bonchev–Trinajstić information content (AvgIpc) is 2.94. The fraction of sp³-hybridized carbons (Fsp3) is 0.821. The molecule has 0 saturated heterocycles. The van der Waals surface area contributed by atoms with Crippen molar-refractivity contribution < 1.29 is 57.5 Å². The molecular formula is C28H52N4O12. The third-order valence-electron chi connectivity index (χ3n) is 5.16. The highest BCUT2D eigenvalue weighted by atomic mass is 16.5. The third-order valence-corrected chi connectivity index (χ3v) is 5.16. The van der Waals surface area contributed by atoms with Gasteiger partial charge in [-0.25, -0.2) is 0 Å². The minimum absolute atomic E-state index is 0.0493. The number of ether oxygens (including phenoxy) is 6. The van der Waals surface area contributed by atoms with Gasteiger partial charge in [0.2, 0.25) is 17.7 Å². The van der Waals surface area contributed by atoms with Crippen LogP contribution in [0.2, 0.25) is 0 Å². The molecule has 0 aromatic carbocycles. The van der Waals surface area contributed by atoms with Crippen LogP contribution in [0.15, 0.2) is 0 Å². The van der Waals surface area contributed by atoms with Gasteiger partial charge in [0, 0.05) is 31.6 Å². The number of hydrogen-bond acceptors (Lipinski definition) is 12. The second-order valence-corrected chi connectivity index (χ2v) is 10.6. The zero-order valence-electron chi connectivity index (χ0n) is 26.5. The van der Waals surface area contributed by atoms with Crippen LogP contribution in [0.3, 0.4) is 0 Å². The standard InChI is InChI=1S/C28H52N4O12/c1-22(33)19-42-16-13-40-11-8-30-25(35)21-44-18-15-41-12-9-31-26(36)20-43-17-14-39-10-7-29-24(34)6-5-23(27(37)38)32-28(2,3)4/h23,32H,5-21H2,1-4H3,(H,29,34)(H,30,35)(H,31,36)(H,37,38)/t23-/m0/s1. The number of hydrogen-bond donors (Lipinski definition) is 5. The summed E-state index contributed by atoms with van der Waals surface area (Å²) in [6.07, 6.45) is 0.258. The zero-order valence-corrected chi connectivity index (χ0v) is 26.5. The molecule has 0 aromatic heterocycles. The van der Waals surface area contributed by atoms with E-state index in [0.29, 0.717) is 26.4 Å². The molecule has 0 saturated carbocycles. The zero-order chi connectivity index (χ0) is 33.1. The molecule has 0 bridgehead atoms. The van der Waals surface area contributed by atoms with E-state index in [1.165, 1.54) is 6.92 Å². The predicted octanol–water partition coefficient (Wildman–Crippen LogP) is -1.35. The summed E-state index contributed by atoms with van der Waals surface area (Å²) in [6, 6.07) is -0.804. The second-order valence-electron chi connectivity index (χ2n) is 10.6. The van der Waals surface area contributed by atoms with Crippen molar-refractivity contribution in [3.05, 3.63) is 0 Å². The Bertz CT molecular complexity index is 823. The molecule has 0 aliphatic rings. The van der Waals surface area contributed by atoms with E-state index in [4.69, 9.17) is 28.4 Å². The van der Waals surface area contributed by atoms with Gasteiger partial charge < -0.3 is 49.5 Å². The summed E-state index contributed by atoms with van der Waals surface area (Å²) in [7, 11) is 0. The van der Waals surface area contributed by atoms with E-state index < -0.39 is 12.0 Å². The minimum atomic E-state index is -0.995. The first-order chi connectivity index (χ1) is 20.9. The Labute approximate surface area is 259 Å². The molecule has 0 aliphatic carbocycles. The lowest BCUT2D eigenvalue weighted by Gasteiger charge is -2.25. The molecule has 0 fully saturated rings. The van der Waals surface area contributed by atoms with Gasteiger partial charge in [-0.2, -0.15) is 0 Å². The Morgan fingerprint density at radius 1 is 0.591 bits per heavy atom. The van der Waals surface area contributed by atoms with Crippen molar-refractivity contribution in [2.75, 3.05) is 98.9 Å². The summed E-state index contributed by atoms with van der Waals surface area (Å²) in [5.74, 6) is -1.88. The SMILES string of the molecule is CC(=O)COCCOCCNC(=O)COCCOCCNC(=O)COCCOCCNC(=O)CC[C@H](NC(C)(C)C)C(=O)O. The summed E-state index contributed by atoms with van der Waals surface area (Å²) in [4.78, 5) is 57.4. The van der Waals surface area contributed by atoms with Crippen LogP contribution in [-0.2, 0) is 52.4 Å². The van der Waals surface area contributed by atoms with E-state index in [-0.39, 0.29) is 114 Å². The van der Waals surface area contributed by atoms with Crippen molar-refractivity contribution in [1.82, 2.24) is 21.3 Å². The maximum atomic E-state index is 11.9. The molecular weight excluding hydrogens is 584 g/mol. The van der Waals surface area contributed by atoms with Crippen LogP contribution in [0.4, 0.5) is 0 Å². The second kappa shape index (κ2) is 26.7. The summed E-state index contributed by atoms with van der Waals surface area (Å²) >= 11 is 0. The Morgan fingerprint density at radius 3 is 1.36 bits per heavy atom. The number of carbonyl (C=O) groups is 5. The quantitative estimate of drug-likeness (QED) is 0.0602. The van der Waals surface area contributed by atoms with Crippen molar-refractivity contribution in [2.45, 2.75) is 52.1 Å². The molecule has 5 N–H and O–H groups in total. The van der Waals surface area contributed by atoms with E-state index in [0.717, 1.165) is 0 Å². The van der Waals surface area contributed by atoms with Crippen molar-refractivity contribution in [3.63, 3.8) is 0 Å². The number of amides is 3. The minimum Gasteiger partial charge on any atom is -0.480 e. The van der Waals surface area contributed by atoms with Crippen LogP contribution in [0.1, 0.15) is 40.5 Å². The Balaban J connectivity index is 3.50. The van der Waals surface area contributed by atoms with Crippen molar-refractivity contribution in [1.29, 1.82) is 0 Å². The van der Waals surface area contributed by atoms with Gasteiger partial charge in [0.05, 0.1) is 59.5 Å². The molecule has 44 heavy (non-hydrogen) atoms. The third kappa shape index (κ3) is 29.3. The molecule has 0 radical (unpaired) electrons. The number of ketones is 1. The smallest absolute Gasteiger partial charge is 0.320 e. The van der Waals surface area contributed by atoms with Crippen molar-refractivity contribution >= 4 is 29.5 Å². The first-order valence-electron chi connectivity index (χ1n) is 14.7. The van der Waals surface area contributed by atoms with Crippen LogP contribution in [0.5, 0.6) is 0 Å². The molecule has 256 valence electrons. The fourth-order valence-electron chi connectivity index (χ4n) is 3.24. The number of carboxylic acids is 1. The molecule has 0 unspecified atom stereocenters. The highest BCUT2D eigenvalue weighted by Gasteiger charge is 2.23. The Morgan fingerprint density at radius 2 is 0.977 bits per heavy atom. The van der Waals surface area contributed by atoms with Crippen molar-refractivity contribution in [2.24, 2.45) is 0 Å². The fourth-order valence-corrected chi connectivity index (χ4v) is 3.24. The molecule has 16 heteroatoms. The molecule has 16 nitrogen and oxygen atoms in total. The monoisotopic (exact) mass is 636 g/mol. The lowest BCUT2D eigenvalue weighted by Crippen LogP contribution is -2.48. The van der Waals surface area contributed by atoms with Crippen LogP contribution in [-0.4, -0.2) is 145 Å². The molecule has 0 heterocycles. The highest BCUT2D eigenvalue weighted by molar-refractivity contribution is 5.79. The summed E-state index contributed by atoms with van der Waals surface area (Å²) in [6.45, 7) is 10.2. The van der Waals surface area contributed by atoms with Crippen LogP contribution in [0.25, 0.3) is 0 Å². The normalized spacial score (nSPS) is 12.0. The number of nitrogens with one attached hydrogen (secondary N) is 4. The number of carbonyl (C=O) groups excluding carboxylic acids is 4. The molecule has 1 atom stereocenters. The van der Waals surface area contributed by atoms with Gasteiger partial charge in [-0.1, -0.05) is 0 Å². The lowest BCUT2D eigenvalue weighted by atomic mass is 10.0. The van der Waals surface area contributed by atoms with Gasteiger partial charge in [-0.05, 0) is 34.1 Å². The summed E-state index contributed by atoms with van der Waals surface area (Å²) < 4.78 is 31.4. The number of rotatable bonds is 29. The molecule has 0 rings (SSSR count). The van der Waals surface area contributed by atoms with Crippen molar-refractivity contribution in [3.8, 4) is 0 Å². The van der Waals surface area contributed by atoms with E-state index in [1.54, 1.807) is 0 Å². The lowest BCUT2D eigenvalue weighted by molar-refractivity contribution is -0.140. The van der Waals surface area contributed by atoms with Gasteiger partial charge in [0.25, 0.3) is 0 Å². The van der Waals surface area contributed by atoms with Gasteiger partial charge in [-0.3, -0.25) is 29.3 Å². The molecule has 0 aliphatic heterocycles. The van der Waals surface area contributed by atoms with E-state index in [9.17, 15) is 29.1 Å². The molecule has 0 spiro atoms. The number of carboxylic acid groups (broad SMARTS) is 1. The average molecular weight is 637 g/mol. The number of aliphatic carboxylic acids is 1. The van der Waals surface area contributed by atoms with Gasteiger partial charge in [-0.15, -0.1) is 0 Å². The maximum Gasteiger partial charge on any atom is 0.320 e. The largest absolute Gasteiger partial charge is 0.480 e. The van der Waals surface area contributed by atoms with E-state index in [1.807, 2.05) is 20.8 Å². The predicted molar refractivity (Wildman–Crippen MR) is 158 cm³/mol. The Hall–Kier alpha value is -2.73. The van der Waals surface area contributed by atoms with Gasteiger partial charge >= 0.3 is 5.97 Å². The topological polar surface area (TPSA) is 209 Å². The van der Waals surface area contributed by atoms with Crippen LogP contribution in [0, 0.1) is 0 Å². The van der Waals surface area contributed by atoms with E-state index in [2.05, 4.69) is 21.3 Å². The maximum absolute atomic E-state index is 11.9. The summed E-state index contributed by atoms with van der Waals surface area (Å²) in [5, 5.41) is 20.2. The molecule has 0 aromatic rings. The first kappa shape index (κ1) is 41.3.